The van der Waals surface area contributed by atoms with E-state index in [2.05, 4.69) is 0 Å². The van der Waals surface area contributed by atoms with E-state index < -0.39 is 18.0 Å². The van der Waals surface area contributed by atoms with Gasteiger partial charge >= 0.3 is 217 Å². The van der Waals surface area contributed by atoms with Crippen molar-refractivity contribution in [3.05, 3.63) is 0 Å². The number of hydrogen-bond donors (Lipinski definition) is 3. The zero-order valence-electron chi connectivity index (χ0n) is 13.3. The van der Waals surface area contributed by atoms with Crippen LogP contribution in [-0.4, -0.2) is 28.2 Å². The van der Waals surface area contributed by atoms with E-state index >= 15 is 0 Å². The van der Waals surface area contributed by atoms with Crippen molar-refractivity contribution in [2.45, 2.75) is 18.9 Å². The van der Waals surface area contributed by atoms with Crippen molar-refractivity contribution in [3.63, 3.8) is 0 Å². The van der Waals surface area contributed by atoms with Crippen molar-refractivity contribution >= 4 is 11.9 Å². The molecule has 0 saturated heterocycles. The van der Waals surface area contributed by atoms with Gasteiger partial charge in [-0.2, -0.15) is 0 Å². The molecule has 0 amide bonds. The number of hydrogen-bond acceptors (Lipinski definition) is 3. The van der Waals surface area contributed by atoms with E-state index in [1.165, 1.54) is 0 Å². The summed E-state index contributed by atoms with van der Waals surface area (Å²) >= 11 is 0. The van der Waals surface area contributed by atoms with Crippen molar-refractivity contribution in [2.75, 3.05) is 0 Å². The zero-order valence-corrected chi connectivity index (χ0v) is 21.8. The minimum absolute atomic E-state index is 0. The molecule has 66 valence electrons. The number of carboxylic acid groups (broad SMARTS) is 2. The topological polar surface area (TPSA) is 101 Å². The van der Waals surface area contributed by atoms with Crippen LogP contribution in [0.2, 0.25) is 0 Å². The number of nitrogens with two attached hydrogens (primary N) is 1. The quantitative estimate of drug-likeness (QED) is 0.448. The first-order chi connectivity index (χ1) is 4.54. The Bertz CT molecular complexity index is 170. The molecule has 0 radical (unpaired) electrons. The van der Waals surface area contributed by atoms with Crippen LogP contribution in [-0.2, 0) is 9.59 Å². The smallest absolute Gasteiger partial charge is 1.00 e. The molecule has 1 atom stereocenters. The van der Waals surface area contributed by atoms with Gasteiger partial charge in [0.25, 0.3) is 0 Å². The molecule has 0 rings (SSSR count). The molecule has 0 unspecified atom stereocenters. The van der Waals surface area contributed by atoms with Gasteiger partial charge in [0.15, 0.2) is 0 Å². The van der Waals surface area contributed by atoms with Crippen LogP contribution < -0.4 is 211 Å². The Hall–Kier alpha value is 5.45. The van der Waals surface area contributed by atoms with E-state index in [4.69, 9.17) is 15.9 Å². The third-order valence-electron chi connectivity index (χ3n) is 0.986. The van der Waals surface area contributed by atoms with Gasteiger partial charge in [0, 0.05) is 6.42 Å². The summed E-state index contributed by atoms with van der Waals surface area (Å²) in [4.78, 5) is 19.9. The van der Waals surface area contributed by atoms with Crippen molar-refractivity contribution in [3.8, 4) is 0 Å². The molecule has 0 aromatic carbocycles. The Morgan fingerprint density at radius 2 is 1.50 bits per heavy atom. The molecule has 0 aliphatic rings. The normalized spacial score (nSPS) is 8.93. The summed E-state index contributed by atoms with van der Waals surface area (Å²) < 4.78 is 0. The average molecular weight is 308 g/mol. The molecule has 0 aliphatic heterocycles. The summed E-state index contributed by atoms with van der Waals surface area (Å²) in [5.41, 5.74) is 5.00. The molecular weight excluding hydrogens is 294 g/mol. The van der Waals surface area contributed by atoms with Crippen molar-refractivity contribution in [1.29, 1.82) is 0 Å². The van der Waals surface area contributed by atoms with Gasteiger partial charge in [-0.05, 0) is 6.42 Å². The fraction of sp³-hybridized carbons (Fsp3) is 0.600. The van der Waals surface area contributed by atoms with Gasteiger partial charge in [0.1, 0.15) is 6.04 Å². The van der Waals surface area contributed by atoms with Crippen LogP contribution in [0.1, 0.15) is 18.5 Å². The molecule has 4 N–H and O–H groups in total. The van der Waals surface area contributed by atoms with Gasteiger partial charge in [-0.3, -0.25) is 9.59 Å². The SMILES string of the molecule is N[C@@H](CCC(=O)O)C(=O)O.[H-].[H-].[H-].[H-].[K+].[K+].[K+].[K+]. The Kier molecular flexibility index (Phi) is 47.0. The number of carbonyl (C=O) groups is 2. The summed E-state index contributed by atoms with van der Waals surface area (Å²) in [5, 5.41) is 16.3. The summed E-state index contributed by atoms with van der Waals surface area (Å²) in [6, 6.07) is -1.06. The van der Waals surface area contributed by atoms with Crippen LogP contribution >= 0.6 is 0 Å². The number of carboxylic acids is 2. The Labute approximate surface area is 259 Å². The zero-order chi connectivity index (χ0) is 8.15. The van der Waals surface area contributed by atoms with Crippen molar-refractivity contribution in [2.24, 2.45) is 5.73 Å². The van der Waals surface area contributed by atoms with Crippen molar-refractivity contribution in [1.82, 2.24) is 0 Å². The first-order valence-electron chi connectivity index (χ1n) is 2.74. The van der Waals surface area contributed by atoms with E-state index in [0.717, 1.165) is 0 Å². The second-order valence-electron chi connectivity index (χ2n) is 1.88. The fourth-order valence-electron chi connectivity index (χ4n) is 0.402. The Balaban J connectivity index is -0.0000000145. The molecule has 9 heteroatoms. The van der Waals surface area contributed by atoms with Gasteiger partial charge in [-0.15, -0.1) is 0 Å². The van der Waals surface area contributed by atoms with Crippen LogP contribution in [0, 0.1) is 0 Å². The largest absolute Gasteiger partial charge is 1.00 e. The van der Waals surface area contributed by atoms with Crippen LogP contribution in [0.25, 0.3) is 0 Å². The Morgan fingerprint density at radius 3 is 1.71 bits per heavy atom. The van der Waals surface area contributed by atoms with E-state index in [1.807, 2.05) is 0 Å². The maximum absolute atomic E-state index is 9.99. The van der Waals surface area contributed by atoms with Crippen LogP contribution in [0.4, 0.5) is 0 Å². The fourth-order valence-corrected chi connectivity index (χ4v) is 0.402. The maximum Gasteiger partial charge on any atom is 1.00 e. The predicted molar refractivity (Wildman–Crippen MR) is 36.9 cm³/mol. The van der Waals surface area contributed by atoms with Gasteiger partial charge in [-0.1, -0.05) is 0 Å². The van der Waals surface area contributed by atoms with Gasteiger partial charge in [-0.25, -0.2) is 0 Å². The molecule has 0 saturated carbocycles. The van der Waals surface area contributed by atoms with Crippen LogP contribution in [0.3, 0.4) is 0 Å². The monoisotopic (exact) mass is 307 g/mol. The van der Waals surface area contributed by atoms with E-state index in [1.54, 1.807) is 0 Å². The molecule has 0 bridgehead atoms. The van der Waals surface area contributed by atoms with Gasteiger partial charge < -0.3 is 21.7 Å². The average Bonchev–Trinajstić information content (AvgIpc) is 1.82. The van der Waals surface area contributed by atoms with Gasteiger partial charge in [0.2, 0.25) is 0 Å². The summed E-state index contributed by atoms with van der Waals surface area (Å²) in [6.07, 6.45) is -0.224. The maximum atomic E-state index is 9.99. The Morgan fingerprint density at radius 1 is 1.14 bits per heavy atom. The molecule has 0 spiro atoms. The second-order valence-corrected chi connectivity index (χ2v) is 1.88. The predicted octanol–water partition coefficient (Wildman–Crippen LogP) is -12.3. The molecule has 0 heterocycles. The van der Waals surface area contributed by atoms with Crippen LogP contribution in [0.5, 0.6) is 0 Å². The molecule has 5 nitrogen and oxygen atoms in total. The molecule has 0 fully saturated rings. The van der Waals surface area contributed by atoms with Gasteiger partial charge in [0.05, 0.1) is 0 Å². The third-order valence-corrected chi connectivity index (χ3v) is 0.986. The van der Waals surface area contributed by atoms with Crippen molar-refractivity contribution < 1.29 is 231 Å². The minimum Gasteiger partial charge on any atom is -1.00 e. The molecule has 14 heavy (non-hydrogen) atoms. The molecular formula is C5H13K4NO4. The number of aliphatic carboxylic acids is 2. The standard InChI is InChI=1S/C5H9NO4.4K.4H/c6-3(5(9)10)1-2-4(7)8;;;;;;;;/h3H,1-2,6H2,(H,7,8)(H,9,10);;;;;;;;/q;4*+1;4*-1/t3-;;;;;;;;/m0......../s1. The van der Waals surface area contributed by atoms with E-state index in [-0.39, 0.29) is 224 Å². The number of rotatable bonds is 4. The summed E-state index contributed by atoms with van der Waals surface area (Å²) in [5.74, 6) is -2.20. The summed E-state index contributed by atoms with van der Waals surface area (Å²) in [7, 11) is 0. The first kappa shape index (κ1) is 31.7. The van der Waals surface area contributed by atoms with Crippen LogP contribution in [0.15, 0.2) is 0 Å². The molecule has 0 aromatic heterocycles. The third kappa shape index (κ3) is 22.6. The second kappa shape index (κ2) is 20.8. The summed E-state index contributed by atoms with van der Waals surface area (Å²) in [6.45, 7) is 0. The van der Waals surface area contributed by atoms with E-state index in [0.29, 0.717) is 0 Å². The minimum atomic E-state index is -1.17. The molecule has 0 aliphatic carbocycles. The first-order valence-corrected chi connectivity index (χ1v) is 2.74. The van der Waals surface area contributed by atoms with E-state index in [9.17, 15) is 9.59 Å². The molecule has 0 aromatic rings.